The number of nitrogens with one attached hydrogen (secondary N) is 1. The average molecular weight is 235 g/mol. The van der Waals surface area contributed by atoms with E-state index >= 15 is 0 Å². The van der Waals surface area contributed by atoms with Crippen LogP contribution in [0.2, 0.25) is 0 Å². The molecule has 0 radical (unpaired) electrons. The molecule has 1 aliphatic heterocycles. The fraction of sp³-hybridized carbons (Fsp3) is 0.500. The predicted molar refractivity (Wildman–Crippen MR) is 60.5 cm³/mol. The summed E-state index contributed by atoms with van der Waals surface area (Å²) in [6, 6.07) is 0. The van der Waals surface area contributed by atoms with Crippen molar-refractivity contribution in [1.29, 1.82) is 0 Å². The largest absolute Gasteiger partial charge is 0.390 e. The van der Waals surface area contributed by atoms with E-state index in [-0.39, 0.29) is 0 Å². The third-order valence-corrected chi connectivity index (χ3v) is 3.05. The zero-order valence-corrected chi connectivity index (χ0v) is 9.11. The molecule has 0 saturated carbocycles. The fourth-order valence-electron chi connectivity index (χ4n) is 2.10. The van der Waals surface area contributed by atoms with Gasteiger partial charge in [0.05, 0.1) is 18.5 Å². The van der Waals surface area contributed by atoms with E-state index in [2.05, 4.69) is 19.9 Å². The van der Waals surface area contributed by atoms with Crippen LogP contribution in [-0.2, 0) is 0 Å². The second-order valence-electron chi connectivity index (χ2n) is 4.17. The van der Waals surface area contributed by atoms with Gasteiger partial charge in [0.2, 0.25) is 0 Å². The Morgan fingerprint density at radius 2 is 2.12 bits per heavy atom. The Kier molecular flexibility index (Phi) is 2.41. The van der Waals surface area contributed by atoms with E-state index in [1.165, 1.54) is 6.33 Å². The van der Waals surface area contributed by atoms with Crippen molar-refractivity contribution in [3.63, 3.8) is 0 Å². The summed E-state index contributed by atoms with van der Waals surface area (Å²) in [4.78, 5) is 17.2. The highest BCUT2D eigenvalue weighted by molar-refractivity contribution is 5.82. The molecule has 0 aliphatic carbocycles. The number of anilines is 1. The molecule has 0 spiro atoms. The summed E-state index contributed by atoms with van der Waals surface area (Å²) in [5.74, 6) is 0.721. The molecular weight excluding hydrogens is 222 g/mol. The summed E-state index contributed by atoms with van der Waals surface area (Å²) < 4.78 is 0. The van der Waals surface area contributed by atoms with Gasteiger partial charge in [-0.05, 0) is 6.42 Å². The number of imidazole rings is 1. The quantitative estimate of drug-likeness (QED) is 0.603. The van der Waals surface area contributed by atoms with Crippen molar-refractivity contribution in [3.05, 3.63) is 12.7 Å². The van der Waals surface area contributed by atoms with Crippen LogP contribution in [0.3, 0.4) is 0 Å². The molecule has 0 bridgehead atoms. The molecule has 2 atom stereocenters. The number of H-pyrrole nitrogens is 1. The van der Waals surface area contributed by atoms with Crippen LogP contribution in [0, 0.1) is 0 Å². The number of fused-ring (bicyclic) bond motifs is 1. The molecule has 3 N–H and O–H groups in total. The first kappa shape index (κ1) is 10.4. The van der Waals surface area contributed by atoms with Crippen LogP contribution < -0.4 is 4.90 Å². The van der Waals surface area contributed by atoms with Crippen molar-refractivity contribution in [2.45, 2.75) is 18.6 Å². The van der Waals surface area contributed by atoms with Crippen molar-refractivity contribution in [2.75, 3.05) is 18.0 Å². The molecule has 17 heavy (non-hydrogen) atoms. The van der Waals surface area contributed by atoms with E-state index in [1.54, 1.807) is 6.33 Å². The molecule has 90 valence electrons. The Bertz CT molecular complexity index is 528. The number of hydrogen-bond acceptors (Lipinski definition) is 6. The monoisotopic (exact) mass is 235 g/mol. The summed E-state index contributed by atoms with van der Waals surface area (Å²) in [6.07, 6.45) is 2.16. The Hall–Kier alpha value is -1.73. The molecule has 7 heteroatoms. The van der Waals surface area contributed by atoms with Crippen molar-refractivity contribution in [1.82, 2.24) is 19.9 Å². The number of rotatable bonds is 1. The molecular formula is C10H13N5O2. The lowest BCUT2D eigenvalue weighted by atomic mass is 10.1. The number of aromatic amines is 1. The van der Waals surface area contributed by atoms with Crippen LogP contribution in [0.25, 0.3) is 11.2 Å². The van der Waals surface area contributed by atoms with Gasteiger partial charge in [-0.25, -0.2) is 15.0 Å². The van der Waals surface area contributed by atoms with E-state index in [0.717, 1.165) is 11.3 Å². The van der Waals surface area contributed by atoms with Crippen molar-refractivity contribution >= 4 is 17.0 Å². The van der Waals surface area contributed by atoms with E-state index in [4.69, 9.17) is 0 Å². The molecule has 2 aromatic rings. The molecule has 1 fully saturated rings. The number of hydrogen-bond donors (Lipinski definition) is 3. The maximum atomic E-state index is 9.67. The normalized spacial score (nSPS) is 25.4. The summed E-state index contributed by atoms with van der Waals surface area (Å²) in [5.41, 5.74) is 1.37. The highest BCUT2D eigenvalue weighted by atomic mass is 16.3. The standard InChI is InChI=1S/C10H13N5O2/c16-6-1-2-15(3-7(6)17)10-8-9(12-4-11-8)13-5-14-10/h4-7,16-17H,1-3H2,(H,11,12,13,14)/t6-,7-/m1/s1. The molecule has 0 unspecified atom stereocenters. The van der Waals surface area contributed by atoms with Crippen LogP contribution in [0.5, 0.6) is 0 Å². The average Bonchev–Trinajstić information content (AvgIpc) is 2.80. The van der Waals surface area contributed by atoms with Crippen LogP contribution in [0.4, 0.5) is 5.82 Å². The number of aliphatic hydroxyl groups excluding tert-OH is 2. The summed E-state index contributed by atoms with van der Waals surface area (Å²) >= 11 is 0. The molecule has 2 aromatic heterocycles. The lowest BCUT2D eigenvalue weighted by molar-refractivity contribution is 0.00791. The van der Waals surface area contributed by atoms with Gasteiger partial charge in [0, 0.05) is 13.1 Å². The van der Waals surface area contributed by atoms with Gasteiger partial charge >= 0.3 is 0 Å². The highest BCUT2D eigenvalue weighted by Gasteiger charge is 2.27. The van der Waals surface area contributed by atoms with Crippen LogP contribution in [0.1, 0.15) is 6.42 Å². The number of β-amino-alcohol motifs (C(OH)–C–C–N with tert-alkyl or cyclic N) is 1. The number of aromatic nitrogens is 4. The van der Waals surface area contributed by atoms with Crippen molar-refractivity contribution < 1.29 is 10.2 Å². The van der Waals surface area contributed by atoms with E-state index < -0.39 is 12.2 Å². The number of piperidine rings is 1. The molecule has 0 aromatic carbocycles. The van der Waals surface area contributed by atoms with Crippen molar-refractivity contribution in [2.24, 2.45) is 0 Å². The lowest BCUT2D eigenvalue weighted by Crippen LogP contribution is -2.47. The predicted octanol–water partition coefficient (Wildman–Crippen LogP) is -0.715. The van der Waals surface area contributed by atoms with Gasteiger partial charge in [0.25, 0.3) is 0 Å². The lowest BCUT2D eigenvalue weighted by Gasteiger charge is -2.34. The minimum atomic E-state index is -0.739. The minimum absolute atomic E-state index is 0.367. The van der Waals surface area contributed by atoms with Crippen LogP contribution >= 0.6 is 0 Å². The van der Waals surface area contributed by atoms with Crippen LogP contribution in [0.15, 0.2) is 12.7 Å². The van der Waals surface area contributed by atoms with E-state index in [1.807, 2.05) is 4.90 Å². The topological polar surface area (TPSA) is 98.2 Å². The Morgan fingerprint density at radius 1 is 1.24 bits per heavy atom. The van der Waals surface area contributed by atoms with E-state index in [0.29, 0.717) is 25.2 Å². The number of aliphatic hydroxyl groups is 2. The van der Waals surface area contributed by atoms with Gasteiger partial charge in [-0.2, -0.15) is 0 Å². The Morgan fingerprint density at radius 3 is 2.94 bits per heavy atom. The molecule has 3 rings (SSSR count). The maximum absolute atomic E-state index is 9.67. The van der Waals surface area contributed by atoms with Crippen molar-refractivity contribution in [3.8, 4) is 0 Å². The van der Waals surface area contributed by atoms with Gasteiger partial charge in [0.1, 0.15) is 11.8 Å². The van der Waals surface area contributed by atoms with Gasteiger partial charge in [-0.1, -0.05) is 0 Å². The minimum Gasteiger partial charge on any atom is -0.390 e. The van der Waals surface area contributed by atoms with E-state index in [9.17, 15) is 10.2 Å². The first-order valence-corrected chi connectivity index (χ1v) is 5.51. The zero-order valence-electron chi connectivity index (χ0n) is 9.11. The first-order chi connectivity index (χ1) is 8.25. The maximum Gasteiger partial charge on any atom is 0.182 e. The van der Waals surface area contributed by atoms with Crippen LogP contribution in [-0.4, -0.2) is 55.4 Å². The number of nitrogens with zero attached hydrogens (tertiary/aromatic N) is 4. The summed E-state index contributed by atoms with van der Waals surface area (Å²) in [5, 5.41) is 19.2. The molecule has 7 nitrogen and oxygen atoms in total. The molecule has 0 amide bonds. The Balaban J connectivity index is 1.96. The second kappa shape index (κ2) is 3.94. The molecule has 1 aliphatic rings. The highest BCUT2D eigenvalue weighted by Crippen LogP contribution is 2.23. The third kappa shape index (κ3) is 1.73. The first-order valence-electron chi connectivity index (χ1n) is 5.51. The van der Waals surface area contributed by atoms with Gasteiger partial charge in [-0.15, -0.1) is 0 Å². The smallest absolute Gasteiger partial charge is 0.182 e. The molecule has 1 saturated heterocycles. The van der Waals surface area contributed by atoms with Gasteiger partial charge in [0.15, 0.2) is 11.5 Å². The zero-order chi connectivity index (χ0) is 11.8. The summed E-state index contributed by atoms with van der Waals surface area (Å²) in [6.45, 7) is 1.02. The van der Waals surface area contributed by atoms with Gasteiger partial charge in [-0.3, -0.25) is 0 Å². The van der Waals surface area contributed by atoms with Gasteiger partial charge < -0.3 is 20.1 Å². The Labute approximate surface area is 97.1 Å². The second-order valence-corrected chi connectivity index (χ2v) is 4.17. The molecule has 3 heterocycles. The fourth-order valence-corrected chi connectivity index (χ4v) is 2.10. The third-order valence-electron chi connectivity index (χ3n) is 3.05. The SMILES string of the molecule is O[C@@H]1CCN(c2ncnc3nc[nH]c23)C[C@H]1O. The summed E-state index contributed by atoms with van der Waals surface area (Å²) in [7, 11) is 0.